The van der Waals surface area contributed by atoms with Gasteiger partial charge in [0.15, 0.2) is 0 Å². The molecule has 0 saturated heterocycles. The Morgan fingerprint density at radius 1 is 1.53 bits per heavy atom. The Hall–Kier alpha value is -1.69. The smallest absolute Gasteiger partial charge is 0.299 e. The molecule has 0 aliphatic carbocycles. The number of thioether (sulfide) groups is 1. The lowest BCUT2D eigenvalue weighted by molar-refractivity contribution is -0.711. The van der Waals surface area contributed by atoms with Gasteiger partial charge in [-0.2, -0.15) is 0 Å². The van der Waals surface area contributed by atoms with Crippen molar-refractivity contribution >= 4 is 22.7 Å². The molecule has 1 aromatic heterocycles. The van der Waals surface area contributed by atoms with Gasteiger partial charge in [0, 0.05) is 22.0 Å². The van der Waals surface area contributed by atoms with E-state index in [1.165, 1.54) is 0 Å². The first-order valence-electron chi connectivity index (χ1n) is 4.18. The largest absolute Gasteiger partial charge is 0.360 e. The predicted molar refractivity (Wildman–Crippen MR) is 57.7 cm³/mol. The second kappa shape index (κ2) is 3.82. The summed E-state index contributed by atoms with van der Waals surface area (Å²) in [5.41, 5.74) is 0.940. The Labute approximate surface area is 89.5 Å². The van der Waals surface area contributed by atoms with Gasteiger partial charge in [0.1, 0.15) is 5.75 Å². The number of H-pyrrole nitrogens is 1. The van der Waals surface area contributed by atoms with E-state index in [2.05, 4.69) is 9.82 Å². The van der Waals surface area contributed by atoms with Crippen LogP contribution in [0.15, 0.2) is 29.3 Å². The van der Waals surface area contributed by atoms with E-state index in [1.807, 2.05) is 12.5 Å². The molecule has 0 atom stereocenters. The van der Waals surface area contributed by atoms with Crippen molar-refractivity contribution in [2.24, 2.45) is 0 Å². The molecule has 0 saturated carbocycles. The molecule has 1 heterocycles. The molecule has 5 nitrogen and oxygen atoms in total. The fourth-order valence-electron chi connectivity index (χ4n) is 1.39. The van der Waals surface area contributed by atoms with Crippen LogP contribution in [0.3, 0.4) is 0 Å². The Morgan fingerprint density at radius 2 is 2.33 bits per heavy atom. The van der Waals surface area contributed by atoms with Gasteiger partial charge in [0.05, 0.1) is 0 Å². The van der Waals surface area contributed by atoms with Crippen molar-refractivity contribution in [3.05, 3.63) is 34.5 Å². The topological polar surface area (TPSA) is 68.2 Å². The van der Waals surface area contributed by atoms with Crippen LogP contribution < -0.4 is 4.84 Å². The minimum Gasteiger partial charge on any atom is -0.360 e. The van der Waals surface area contributed by atoms with Gasteiger partial charge < -0.3 is 4.98 Å². The molecule has 1 aromatic carbocycles. The number of fused-ring (bicyclic) bond motifs is 1. The molecule has 0 aliphatic rings. The number of aromatic nitrogens is 1. The number of rotatable bonds is 3. The highest BCUT2D eigenvalue weighted by Gasteiger charge is 2.05. The van der Waals surface area contributed by atoms with Gasteiger partial charge in [0.2, 0.25) is 0 Å². The first-order chi connectivity index (χ1) is 7.20. The monoisotopic (exact) mass is 224 g/mol. The van der Waals surface area contributed by atoms with Gasteiger partial charge >= 0.3 is 0 Å². The molecule has 0 spiro atoms. The molecule has 0 amide bonds. The van der Waals surface area contributed by atoms with Crippen molar-refractivity contribution in [3.8, 4) is 5.75 Å². The van der Waals surface area contributed by atoms with E-state index < -0.39 is 5.09 Å². The van der Waals surface area contributed by atoms with Crippen LogP contribution in [-0.2, 0) is 0 Å². The van der Waals surface area contributed by atoms with Crippen molar-refractivity contribution in [1.29, 1.82) is 0 Å². The fraction of sp³-hybridized carbons (Fsp3) is 0.111. The minimum absolute atomic E-state index is 0.238. The lowest BCUT2D eigenvalue weighted by Crippen LogP contribution is -2.02. The Morgan fingerprint density at radius 3 is 3.00 bits per heavy atom. The highest BCUT2D eigenvalue weighted by atomic mass is 32.2. The minimum atomic E-state index is -0.813. The van der Waals surface area contributed by atoms with Crippen LogP contribution >= 0.6 is 11.8 Å². The molecule has 0 fully saturated rings. The van der Waals surface area contributed by atoms with E-state index in [0.717, 1.165) is 15.8 Å². The quantitative estimate of drug-likeness (QED) is 0.494. The Balaban J connectivity index is 2.47. The fourth-order valence-corrected chi connectivity index (χ4v) is 1.95. The van der Waals surface area contributed by atoms with E-state index in [4.69, 9.17) is 0 Å². The molecule has 1 N–H and O–H groups in total. The standard InChI is InChI=1S/C9H8N2O3S/c1-15-9-5-10-8-3-2-6(4-7(8)9)14-11(12)13/h2-5,10H,1H3. The van der Waals surface area contributed by atoms with Crippen molar-refractivity contribution < 1.29 is 9.92 Å². The molecule has 0 aliphatic heterocycles. The third-order valence-electron chi connectivity index (χ3n) is 2.02. The SMILES string of the molecule is CSc1c[nH]c2ccc(O[N+](=O)[O-])cc12. The van der Waals surface area contributed by atoms with Gasteiger partial charge in [0.25, 0.3) is 5.09 Å². The molecule has 6 heteroatoms. The summed E-state index contributed by atoms with van der Waals surface area (Å²) in [5.74, 6) is 0.238. The molecule has 0 radical (unpaired) electrons. The maximum Gasteiger partial charge on any atom is 0.299 e. The van der Waals surface area contributed by atoms with Crippen LogP contribution in [0.2, 0.25) is 0 Å². The van der Waals surface area contributed by atoms with Crippen LogP contribution in [0.5, 0.6) is 5.75 Å². The van der Waals surface area contributed by atoms with E-state index in [1.54, 1.807) is 30.0 Å². The zero-order chi connectivity index (χ0) is 10.8. The molecule has 78 valence electrons. The summed E-state index contributed by atoms with van der Waals surface area (Å²) in [6.07, 6.45) is 3.81. The average molecular weight is 224 g/mol. The molecule has 2 rings (SSSR count). The number of hydrogen-bond acceptors (Lipinski definition) is 4. The third kappa shape index (κ3) is 1.89. The number of benzene rings is 1. The Bertz CT molecular complexity index is 509. The summed E-state index contributed by atoms with van der Waals surface area (Å²) in [5, 5.41) is 10.3. The highest BCUT2D eigenvalue weighted by molar-refractivity contribution is 7.98. The molecule has 0 bridgehead atoms. The number of hydrogen-bond donors (Lipinski definition) is 1. The summed E-state index contributed by atoms with van der Waals surface area (Å²) in [6.45, 7) is 0. The maximum absolute atomic E-state index is 10.2. The van der Waals surface area contributed by atoms with Gasteiger partial charge in [-0.15, -0.1) is 21.9 Å². The van der Waals surface area contributed by atoms with E-state index in [0.29, 0.717) is 0 Å². The van der Waals surface area contributed by atoms with E-state index >= 15 is 0 Å². The highest BCUT2D eigenvalue weighted by Crippen LogP contribution is 2.29. The summed E-state index contributed by atoms with van der Waals surface area (Å²) in [4.78, 5) is 18.7. The summed E-state index contributed by atoms with van der Waals surface area (Å²) >= 11 is 1.58. The first-order valence-corrected chi connectivity index (χ1v) is 5.40. The van der Waals surface area contributed by atoms with E-state index in [9.17, 15) is 10.1 Å². The number of aromatic amines is 1. The van der Waals surface area contributed by atoms with Gasteiger partial charge in [-0.1, -0.05) is 0 Å². The second-order valence-electron chi connectivity index (χ2n) is 2.88. The third-order valence-corrected chi connectivity index (χ3v) is 2.79. The maximum atomic E-state index is 10.2. The Kier molecular flexibility index (Phi) is 2.51. The van der Waals surface area contributed by atoms with E-state index in [-0.39, 0.29) is 5.75 Å². The van der Waals surface area contributed by atoms with Gasteiger partial charge in [-0.05, 0) is 24.5 Å². The molecular formula is C9H8N2O3S. The zero-order valence-corrected chi connectivity index (χ0v) is 8.71. The van der Waals surface area contributed by atoms with Crippen molar-refractivity contribution in [1.82, 2.24) is 4.98 Å². The van der Waals surface area contributed by atoms with Crippen LogP contribution in [0.4, 0.5) is 0 Å². The van der Waals surface area contributed by atoms with Gasteiger partial charge in [-0.25, -0.2) is 0 Å². The number of nitrogens with one attached hydrogen (secondary N) is 1. The van der Waals surface area contributed by atoms with Gasteiger partial charge in [-0.3, -0.25) is 4.84 Å². The van der Waals surface area contributed by atoms with Crippen LogP contribution in [0.1, 0.15) is 0 Å². The van der Waals surface area contributed by atoms with Crippen LogP contribution in [0, 0.1) is 10.1 Å². The van der Waals surface area contributed by atoms with Crippen LogP contribution in [-0.4, -0.2) is 16.3 Å². The normalized spacial score (nSPS) is 10.5. The lowest BCUT2D eigenvalue weighted by atomic mass is 10.2. The summed E-state index contributed by atoms with van der Waals surface area (Å²) in [7, 11) is 0. The first kappa shape index (κ1) is 9.85. The lowest BCUT2D eigenvalue weighted by Gasteiger charge is -1.99. The average Bonchev–Trinajstić information content (AvgIpc) is 2.59. The molecule has 15 heavy (non-hydrogen) atoms. The summed E-state index contributed by atoms with van der Waals surface area (Å²) < 4.78 is 0. The number of nitrogens with zero attached hydrogens (tertiary/aromatic N) is 1. The molecule has 0 unspecified atom stereocenters. The molecular weight excluding hydrogens is 216 g/mol. The van der Waals surface area contributed by atoms with Crippen molar-refractivity contribution in [2.45, 2.75) is 4.90 Å². The van der Waals surface area contributed by atoms with Crippen molar-refractivity contribution in [2.75, 3.05) is 6.26 Å². The van der Waals surface area contributed by atoms with Crippen molar-refractivity contribution in [3.63, 3.8) is 0 Å². The molecule has 2 aromatic rings. The van der Waals surface area contributed by atoms with Crippen LogP contribution in [0.25, 0.3) is 10.9 Å². The zero-order valence-electron chi connectivity index (χ0n) is 7.89. The summed E-state index contributed by atoms with van der Waals surface area (Å²) in [6, 6.07) is 4.97. The predicted octanol–water partition coefficient (Wildman–Crippen LogP) is 2.46. The second-order valence-corrected chi connectivity index (χ2v) is 3.73.